The van der Waals surface area contributed by atoms with E-state index in [9.17, 15) is 14.9 Å². The molecule has 0 radical (unpaired) electrons. The van der Waals surface area contributed by atoms with E-state index in [1.165, 1.54) is 19.2 Å². The number of nitro groups is 1. The van der Waals surface area contributed by atoms with Gasteiger partial charge in [0.05, 0.1) is 23.4 Å². The number of hydrogen-bond donors (Lipinski definition) is 0. The second kappa shape index (κ2) is 6.25. The fourth-order valence-electron chi connectivity index (χ4n) is 2.00. The average molecular weight is 305 g/mol. The van der Waals surface area contributed by atoms with Gasteiger partial charge in [0.1, 0.15) is 5.69 Å². The molecule has 0 unspecified atom stereocenters. The summed E-state index contributed by atoms with van der Waals surface area (Å²) < 4.78 is 11.2. The normalized spacial score (nSPS) is 10.3. The maximum absolute atomic E-state index is 11.3. The lowest BCUT2D eigenvalue weighted by atomic mass is 10.2. The van der Waals surface area contributed by atoms with Crippen molar-refractivity contribution in [2.24, 2.45) is 0 Å². The number of carbonyl (C=O) groups is 1. The summed E-state index contributed by atoms with van der Waals surface area (Å²) in [7, 11) is 1.23. The van der Waals surface area contributed by atoms with Crippen LogP contribution in [0, 0.1) is 17.0 Å². The first kappa shape index (κ1) is 15.5. The standard InChI is InChI=1S/C14H15N3O5/c1-4-12-13(22-14(18)21-3)9(2)16(15-12)10-5-7-11(8-6-10)17(19)20/h5-8H,4H2,1-3H3. The lowest BCUT2D eigenvalue weighted by molar-refractivity contribution is -0.384. The van der Waals surface area contributed by atoms with Gasteiger partial charge in [-0.3, -0.25) is 10.1 Å². The van der Waals surface area contributed by atoms with Crippen molar-refractivity contribution in [3.8, 4) is 11.4 Å². The number of nitrogens with zero attached hydrogens (tertiary/aromatic N) is 3. The maximum Gasteiger partial charge on any atom is 0.513 e. The Morgan fingerprint density at radius 2 is 2.00 bits per heavy atom. The van der Waals surface area contributed by atoms with Crippen LogP contribution in [0.1, 0.15) is 18.3 Å². The Labute approximate surface area is 126 Å². The molecule has 1 aromatic heterocycles. The summed E-state index contributed by atoms with van der Waals surface area (Å²) in [5.41, 5.74) is 1.84. The lowest BCUT2D eigenvalue weighted by Crippen LogP contribution is -2.09. The summed E-state index contributed by atoms with van der Waals surface area (Å²) in [5, 5.41) is 15.1. The molecule has 0 N–H and O–H groups in total. The summed E-state index contributed by atoms with van der Waals surface area (Å²) in [5.74, 6) is 0.340. The second-order valence-electron chi connectivity index (χ2n) is 4.46. The second-order valence-corrected chi connectivity index (χ2v) is 4.46. The molecule has 0 spiro atoms. The van der Waals surface area contributed by atoms with E-state index < -0.39 is 11.1 Å². The van der Waals surface area contributed by atoms with Gasteiger partial charge < -0.3 is 9.47 Å². The third-order valence-corrected chi connectivity index (χ3v) is 3.12. The highest BCUT2D eigenvalue weighted by atomic mass is 16.7. The Balaban J connectivity index is 2.43. The highest BCUT2D eigenvalue weighted by molar-refractivity contribution is 5.64. The fourth-order valence-corrected chi connectivity index (χ4v) is 2.00. The minimum absolute atomic E-state index is 0.00434. The van der Waals surface area contributed by atoms with Crippen molar-refractivity contribution < 1.29 is 19.2 Å². The molecule has 1 aromatic carbocycles. The molecular formula is C14H15N3O5. The summed E-state index contributed by atoms with van der Waals surface area (Å²) in [4.78, 5) is 21.5. The van der Waals surface area contributed by atoms with E-state index in [4.69, 9.17) is 4.74 Å². The molecule has 0 saturated carbocycles. The molecule has 8 heteroatoms. The Morgan fingerprint density at radius 3 is 2.50 bits per heavy atom. The van der Waals surface area contributed by atoms with Crippen LogP contribution in [0.3, 0.4) is 0 Å². The zero-order valence-electron chi connectivity index (χ0n) is 12.4. The van der Waals surface area contributed by atoms with Crippen LogP contribution < -0.4 is 4.74 Å². The van der Waals surface area contributed by atoms with Crippen LogP contribution >= 0.6 is 0 Å². The van der Waals surface area contributed by atoms with E-state index in [1.807, 2.05) is 6.92 Å². The van der Waals surface area contributed by atoms with Crippen molar-refractivity contribution in [2.75, 3.05) is 7.11 Å². The summed E-state index contributed by atoms with van der Waals surface area (Å²) in [6, 6.07) is 5.95. The molecule has 0 atom stereocenters. The van der Waals surface area contributed by atoms with E-state index in [0.717, 1.165) is 0 Å². The first-order valence-electron chi connectivity index (χ1n) is 6.57. The van der Waals surface area contributed by atoms with Gasteiger partial charge in [0.25, 0.3) is 5.69 Å². The van der Waals surface area contributed by atoms with Gasteiger partial charge >= 0.3 is 6.16 Å². The minimum atomic E-state index is -0.818. The van der Waals surface area contributed by atoms with Gasteiger partial charge in [-0.25, -0.2) is 9.48 Å². The van der Waals surface area contributed by atoms with Crippen molar-refractivity contribution in [3.05, 3.63) is 45.8 Å². The third kappa shape index (κ3) is 2.90. The molecular weight excluding hydrogens is 290 g/mol. The SMILES string of the molecule is CCc1nn(-c2ccc([N+](=O)[O-])cc2)c(C)c1OC(=O)OC. The summed E-state index contributed by atoms with van der Waals surface area (Å²) >= 11 is 0. The first-order chi connectivity index (χ1) is 10.5. The first-order valence-corrected chi connectivity index (χ1v) is 6.57. The summed E-state index contributed by atoms with van der Waals surface area (Å²) in [6.45, 7) is 3.62. The number of nitro benzene ring substituents is 1. The topological polar surface area (TPSA) is 96.5 Å². The van der Waals surface area contributed by atoms with Crippen LogP contribution in [0.15, 0.2) is 24.3 Å². The molecule has 0 aliphatic heterocycles. The highest BCUT2D eigenvalue weighted by Gasteiger charge is 2.19. The van der Waals surface area contributed by atoms with Crippen LogP contribution in [0.25, 0.3) is 5.69 Å². The number of rotatable bonds is 4. The smallest absolute Gasteiger partial charge is 0.437 e. The fraction of sp³-hybridized carbons (Fsp3) is 0.286. The molecule has 1 heterocycles. The van der Waals surface area contributed by atoms with Gasteiger partial charge in [-0.1, -0.05) is 6.92 Å². The van der Waals surface area contributed by atoms with E-state index in [1.54, 1.807) is 23.7 Å². The Hall–Kier alpha value is -2.90. The van der Waals surface area contributed by atoms with Gasteiger partial charge in [0.2, 0.25) is 0 Å². The Bertz CT molecular complexity index is 706. The molecule has 0 aliphatic carbocycles. The van der Waals surface area contributed by atoms with E-state index in [2.05, 4.69) is 9.84 Å². The van der Waals surface area contributed by atoms with Gasteiger partial charge in [-0.2, -0.15) is 5.10 Å². The number of non-ortho nitro benzene ring substituents is 1. The van der Waals surface area contributed by atoms with Crippen LogP contribution in [0.4, 0.5) is 10.5 Å². The number of aromatic nitrogens is 2. The van der Waals surface area contributed by atoms with Crippen molar-refractivity contribution in [2.45, 2.75) is 20.3 Å². The number of carbonyl (C=O) groups excluding carboxylic acids is 1. The quantitative estimate of drug-likeness (QED) is 0.489. The zero-order chi connectivity index (χ0) is 16.3. The zero-order valence-corrected chi connectivity index (χ0v) is 12.4. The van der Waals surface area contributed by atoms with Crippen molar-refractivity contribution in [3.63, 3.8) is 0 Å². The molecule has 2 aromatic rings. The predicted molar refractivity (Wildman–Crippen MR) is 77.4 cm³/mol. The Morgan fingerprint density at radius 1 is 1.36 bits per heavy atom. The van der Waals surface area contributed by atoms with Crippen LogP contribution in [0.5, 0.6) is 5.75 Å². The van der Waals surface area contributed by atoms with Crippen molar-refractivity contribution >= 4 is 11.8 Å². The number of benzene rings is 1. The van der Waals surface area contributed by atoms with E-state index in [-0.39, 0.29) is 5.69 Å². The molecule has 8 nitrogen and oxygen atoms in total. The van der Waals surface area contributed by atoms with Gasteiger partial charge in [-0.05, 0) is 25.5 Å². The third-order valence-electron chi connectivity index (χ3n) is 3.12. The van der Waals surface area contributed by atoms with Crippen molar-refractivity contribution in [1.82, 2.24) is 9.78 Å². The maximum atomic E-state index is 11.3. The minimum Gasteiger partial charge on any atom is -0.437 e. The number of ether oxygens (including phenoxy) is 2. The molecule has 116 valence electrons. The molecule has 0 amide bonds. The monoisotopic (exact) mass is 305 g/mol. The van der Waals surface area contributed by atoms with Crippen LogP contribution in [0.2, 0.25) is 0 Å². The number of methoxy groups -OCH3 is 1. The highest BCUT2D eigenvalue weighted by Crippen LogP contribution is 2.27. The predicted octanol–water partition coefficient (Wildman–Crippen LogP) is 2.80. The molecule has 0 saturated heterocycles. The van der Waals surface area contributed by atoms with E-state index >= 15 is 0 Å². The van der Waals surface area contributed by atoms with Crippen LogP contribution in [-0.2, 0) is 11.2 Å². The van der Waals surface area contributed by atoms with Crippen LogP contribution in [-0.4, -0.2) is 28.0 Å². The van der Waals surface area contributed by atoms with E-state index in [0.29, 0.717) is 29.2 Å². The number of aryl methyl sites for hydroxylation is 1. The average Bonchev–Trinajstić information content (AvgIpc) is 2.83. The van der Waals surface area contributed by atoms with Crippen molar-refractivity contribution in [1.29, 1.82) is 0 Å². The molecule has 0 aliphatic rings. The molecule has 0 fully saturated rings. The largest absolute Gasteiger partial charge is 0.513 e. The lowest BCUT2D eigenvalue weighted by Gasteiger charge is -2.05. The summed E-state index contributed by atoms with van der Waals surface area (Å²) in [6.07, 6.45) is -0.256. The van der Waals surface area contributed by atoms with Gasteiger partial charge in [-0.15, -0.1) is 0 Å². The number of hydrogen-bond acceptors (Lipinski definition) is 6. The molecule has 2 rings (SSSR count). The Kier molecular flexibility index (Phi) is 4.40. The van der Waals surface area contributed by atoms with Gasteiger partial charge in [0.15, 0.2) is 5.75 Å². The molecule has 0 bridgehead atoms. The molecule has 22 heavy (non-hydrogen) atoms. The van der Waals surface area contributed by atoms with Gasteiger partial charge in [0, 0.05) is 12.1 Å².